The van der Waals surface area contributed by atoms with Crippen molar-refractivity contribution in [3.8, 4) is 0 Å². The smallest absolute Gasteiger partial charge is 0.191 e. The van der Waals surface area contributed by atoms with E-state index < -0.39 is 0 Å². The van der Waals surface area contributed by atoms with Crippen LogP contribution in [0.4, 0.5) is 0 Å². The Morgan fingerprint density at radius 3 is 1.32 bits per heavy atom. The molecule has 1 aliphatic heterocycles. The lowest BCUT2D eigenvalue weighted by Gasteiger charge is -2.05. The van der Waals surface area contributed by atoms with Crippen LogP contribution in [0.3, 0.4) is 0 Å². The molecule has 0 saturated heterocycles. The summed E-state index contributed by atoms with van der Waals surface area (Å²) in [6.07, 6.45) is 22.4. The first kappa shape index (κ1) is 88.0. The first-order chi connectivity index (χ1) is 45.9. The van der Waals surface area contributed by atoms with Crippen molar-refractivity contribution in [3.63, 3.8) is 0 Å². The number of hydrogen-bond acceptors (Lipinski definition) is 20. The number of nitrogens with zero attached hydrogens (tertiary/aromatic N) is 22. The first-order valence-electron chi connectivity index (χ1n) is 33.9. The summed E-state index contributed by atoms with van der Waals surface area (Å²) in [5.74, 6) is 12.6. The average Bonchev–Trinajstić information content (AvgIpc) is 1.75. The molecule has 0 N–H and O–H groups in total. The lowest BCUT2D eigenvalue weighted by atomic mass is 10.1. The minimum absolute atomic E-state index is 0.450. The topological polar surface area (TPSA) is 262 Å². The van der Waals surface area contributed by atoms with Crippen molar-refractivity contribution in [1.29, 1.82) is 0 Å². The van der Waals surface area contributed by atoms with Crippen LogP contribution in [0.25, 0.3) is 0 Å². The fourth-order valence-corrected chi connectivity index (χ4v) is 9.25. The van der Waals surface area contributed by atoms with Crippen molar-refractivity contribution < 1.29 is 8.83 Å². The van der Waals surface area contributed by atoms with E-state index in [0.29, 0.717) is 65.1 Å². The Bertz CT molecular complexity index is 3360. The highest BCUT2D eigenvalue weighted by molar-refractivity contribution is 7.11. The quantitative estimate of drug-likeness (QED) is 0.116. The Morgan fingerprint density at radius 2 is 1.09 bits per heavy atom. The Morgan fingerprint density at radius 1 is 0.459 bits per heavy atom. The van der Waals surface area contributed by atoms with E-state index in [4.69, 9.17) is 8.83 Å². The number of allylic oxidation sites excluding steroid dienone is 1. The third kappa shape index (κ3) is 34.5. The van der Waals surface area contributed by atoms with Gasteiger partial charge in [-0.2, -0.15) is 5.10 Å². The van der Waals surface area contributed by atoms with Crippen molar-refractivity contribution in [3.05, 3.63) is 158 Å². The Balaban J connectivity index is 0.000000539. The predicted molar refractivity (Wildman–Crippen MR) is 402 cm³/mol. The predicted octanol–water partition coefficient (Wildman–Crippen LogP) is 17.3. The molecule has 11 rings (SSSR count). The minimum atomic E-state index is 0.450. The average molecular weight is 1390 g/mol. The summed E-state index contributed by atoms with van der Waals surface area (Å²) in [6.45, 7) is 55.5. The van der Waals surface area contributed by atoms with Gasteiger partial charge in [0, 0.05) is 127 Å². The van der Waals surface area contributed by atoms with Crippen LogP contribution in [-0.2, 0) is 42.3 Å². The van der Waals surface area contributed by atoms with Crippen LogP contribution in [-0.4, -0.2) is 117 Å². The van der Waals surface area contributed by atoms with Gasteiger partial charge in [0.1, 0.15) is 61.7 Å². The Kier molecular flexibility index (Phi) is 41.6. The summed E-state index contributed by atoms with van der Waals surface area (Å²) in [7, 11) is 11.8. The largest absolute Gasteiger partial charge is 0.448 e. The number of rotatable bonds is 11. The summed E-state index contributed by atoms with van der Waals surface area (Å²) in [6, 6.07) is 0. The molecule has 0 saturated carbocycles. The van der Waals surface area contributed by atoms with Gasteiger partial charge in [0.25, 0.3) is 0 Å². The second-order valence-corrected chi connectivity index (χ2v) is 29.0. The fraction of sp³-hybridized carbons (Fsp3) is 0.611. The first-order valence-corrected chi connectivity index (χ1v) is 35.6. The maximum absolute atomic E-state index is 5.23. The molecule has 98 heavy (non-hydrogen) atoms. The molecule has 0 radical (unpaired) electrons. The van der Waals surface area contributed by atoms with Crippen LogP contribution < -0.4 is 0 Å². The molecule has 0 fully saturated rings. The summed E-state index contributed by atoms with van der Waals surface area (Å²) < 4.78 is 21.9. The van der Waals surface area contributed by atoms with Crippen LogP contribution in [0.15, 0.2) is 93.4 Å². The van der Waals surface area contributed by atoms with E-state index in [0.717, 1.165) is 68.0 Å². The number of imidazole rings is 2. The lowest BCUT2D eigenvalue weighted by Crippen LogP contribution is -2.00. The number of aliphatic imine (C=N–C) groups is 1. The molecule has 10 aromatic heterocycles. The molecule has 0 bridgehead atoms. The van der Waals surface area contributed by atoms with Crippen LogP contribution in [0.5, 0.6) is 0 Å². The van der Waals surface area contributed by atoms with Crippen LogP contribution in [0.2, 0.25) is 0 Å². The molecule has 544 valence electrons. The highest BCUT2D eigenvalue weighted by Gasteiger charge is 2.10. The van der Waals surface area contributed by atoms with E-state index in [1.165, 1.54) is 28.9 Å². The van der Waals surface area contributed by atoms with Crippen molar-refractivity contribution in [2.45, 2.75) is 239 Å². The number of hydrogen-bond donors (Lipinski definition) is 0. The van der Waals surface area contributed by atoms with Gasteiger partial charge in [0.15, 0.2) is 12.3 Å². The normalized spacial score (nSPS) is 11.2. The third-order valence-corrected chi connectivity index (χ3v) is 16.4. The molecule has 0 atom stereocenters. The van der Waals surface area contributed by atoms with Crippen molar-refractivity contribution in [2.24, 2.45) is 53.2 Å². The number of aryl methyl sites for hydroxylation is 8. The molecule has 0 aromatic carbocycles. The zero-order valence-corrected chi connectivity index (χ0v) is 67.2. The second kappa shape index (κ2) is 46.3. The van der Waals surface area contributed by atoms with Gasteiger partial charge in [0.2, 0.25) is 0 Å². The Labute approximate surface area is 595 Å². The van der Waals surface area contributed by atoms with Gasteiger partial charge >= 0.3 is 0 Å². The van der Waals surface area contributed by atoms with Crippen LogP contribution in [0, 0.1) is 33.6 Å². The van der Waals surface area contributed by atoms with Gasteiger partial charge in [-0.05, 0) is 61.5 Å². The van der Waals surface area contributed by atoms with E-state index in [-0.39, 0.29) is 0 Å². The maximum atomic E-state index is 5.23. The molecule has 0 amide bonds. The summed E-state index contributed by atoms with van der Waals surface area (Å²) in [4.78, 5) is 20.0. The minimum Gasteiger partial charge on any atom is -0.448 e. The lowest BCUT2D eigenvalue weighted by molar-refractivity contribution is 0.456. The standard InChI is InChI=1S/C8H14N2.C7H13N3.2C7H12N2.C7H11NO.C7H11N.2C6H11N3.C6H10N2S.C6H9NO.C5H8N2S/c1-6(2)8-5-9-7(3)10(8)4;1-5(2)7-9-8-6(3)10(7)4;1-6(2)7-4-8-5-9(7)3;1-6(2)7-4-8-9(3)5-7;1-5(2)7-4-8-6(3)9-7;1-6(2)7-3-4-8-5-7;1-5(2)6-8-7-4-9(6)3;1-5(2)6-4-9(3)8-7-6;1-4(2)6-8-7-5(3)9-6;1-5(2)6-3-7-4-8-6;1-4(2)5-7-6-3-8-5/h5-6H,1-4H3;5H,1-4H3;2*4-6H,1-3H3;4-5H,1-3H3;3,5-6H,4H2,1-2H3;2*4-5H,1-3H3;4H,1-3H3;3-5H,1-2H3;3-4H,1-2H3. The molecule has 0 unspecified atom stereocenters. The highest BCUT2D eigenvalue weighted by atomic mass is 32.1. The Hall–Kier alpha value is -8.00. The van der Waals surface area contributed by atoms with E-state index in [1.54, 1.807) is 51.6 Å². The summed E-state index contributed by atoms with van der Waals surface area (Å²) in [5.41, 5.74) is 8.09. The van der Waals surface area contributed by atoms with E-state index >= 15 is 0 Å². The molecule has 26 heteroatoms. The van der Waals surface area contributed by atoms with E-state index in [9.17, 15) is 0 Å². The van der Waals surface area contributed by atoms with Gasteiger partial charge in [-0.3, -0.25) is 14.4 Å². The van der Waals surface area contributed by atoms with E-state index in [1.807, 2.05) is 125 Å². The molecule has 1 aliphatic rings. The van der Waals surface area contributed by atoms with Crippen molar-refractivity contribution in [2.75, 3.05) is 6.54 Å². The van der Waals surface area contributed by atoms with Crippen molar-refractivity contribution in [1.82, 2.24) is 104 Å². The summed E-state index contributed by atoms with van der Waals surface area (Å²) in [5, 5.41) is 46.2. The number of oxazole rings is 2. The molecule has 10 aromatic rings. The van der Waals surface area contributed by atoms with Crippen LogP contribution >= 0.6 is 22.7 Å². The van der Waals surface area contributed by atoms with Crippen molar-refractivity contribution >= 4 is 28.9 Å². The SMILES string of the molecule is CC(C)C1=CCN=C1.CC(C)c1cn(C)nn1.CC(C)c1cncn1C.CC(C)c1cnco1.CC(C)c1cnn(C)c1.CC(C)c1nncn1C.CC(C)c1nncs1.Cc1ncc(C(C)C)n1C.Cc1ncc(C(C)C)o1.Cc1nnc(C(C)C)n1C.Cc1nnc(C(C)C)s1. The van der Waals surface area contributed by atoms with Crippen LogP contribution in [0.1, 0.15) is 290 Å². The zero-order valence-electron chi connectivity index (χ0n) is 65.5. The van der Waals surface area contributed by atoms with E-state index in [2.05, 4.69) is 251 Å². The molecule has 24 nitrogen and oxygen atoms in total. The van der Waals surface area contributed by atoms with Gasteiger partial charge in [-0.25, -0.2) is 19.9 Å². The summed E-state index contributed by atoms with van der Waals surface area (Å²) >= 11 is 3.28. The molecule has 11 heterocycles. The third-order valence-electron chi connectivity index (χ3n) is 14.3. The van der Waals surface area contributed by atoms with Gasteiger partial charge in [0.05, 0.1) is 37.2 Å². The molecular formula is C72H122N22O2S2. The zero-order chi connectivity index (χ0) is 74.5. The van der Waals surface area contributed by atoms with Gasteiger partial charge in [-0.1, -0.05) is 164 Å². The molecule has 0 spiro atoms. The molecule has 0 aliphatic carbocycles. The number of aromatic nitrogens is 21. The monoisotopic (exact) mass is 1390 g/mol. The van der Waals surface area contributed by atoms with Gasteiger partial charge in [-0.15, -0.1) is 68.6 Å². The second-order valence-electron chi connectivity index (χ2n) is 27.0. The molecular weight excluding hydrogens is 1270 g/mol. The van der Waals surface area contributed by atoms with Gasteiger partial charge < -0.3 is 27.1 Å². The highest BCUT2D eigenvalue weighted by Crippen LogP contribution is 2.20. The maximum Gasteiger partial charge on any atom is 0.191 e. The fourth-order valence-electron chi connectivity index (χ4n) is 7.98.